The Bertz CT molecular complexity index is 700. The third-order valence-corrected chi connectivity index (χ3v) is 3.61. The molecule has 0 radical (unpaired) electrons. The number of hydrogen-bond acceptors (Lipinski definition) is 5. The van der Waals surface area contributed by atoms with Gasteiger partial charge in [-0.1, -0.05) is 19.1 Å². The molecule has 0 aliphatic carbocycles. The maximum atomic E-state index is 12.1. The third kappa shape index (κ3) is 7.16. The second-order valence-electron chi connectivity index (χ2n) is 5.60. The Balaban J connectivity index is 2.57. The molecule has 0 heterocycles. The van der Waals surface area contributed by atoms with Crippen LogP contribution in [0, 0.1) is 0 Å². The number of hydrazone groups is 1. The Hall–Kier alpha value is -3.16. The van der Waals surface area contributed by atoms with E-state index in [-0.39, 0.29) is 25.2 Å². The lowest BCUT2D eigenvalue weighted by Crippen LogP contribution is -2.35. The van der Waals surface area contributed by atoms with Crippen LogP contribution in [-0.2, 0) is 20.8 Å². The summed E-state index contributed by atoms with van der Waals surface area (Å²) in [5.41, 5.74) is 2.42. The van der Waals surface area contributed by atoms with E-state index in [0.717, 1.165) is 11.1 Å². The van der Waals surface area contributed by atoms with Crippen molar-refractivity contribution in [2.24, 2.45) is 10.9 Å². The van der Waals surface area contributed by atoms with Gasteiger partial charge >= 0.3 is 5.97 Å². The van der Waals surface area contributed by atoms with Crippen LogP contribution < -0.4 is 16.5 Å². The highest BCUT2D eigenvalue weighted by Crippen LogP contribution is 2.18. The van der Waals surface area contributed by atoms with Gasteiger partial charge in [0.1, 0.15) is 0 Å². The van der Waals surface area contributed by atoms with Crippen molar-refractivity contribution in [3.8, 4) is 0 Å². The predicted octanol–water partition coefficient (Wildman–Crippen LogP) is 1.41. The van der Waals surface area contributed by atoms with Gasteiger partial charge in [0.05, 0.1) is 18.7 Å². The van der Waals surface area contributed by atoms with Crippen molar-refractivity contribution in [2.45, 2.75) is 38.6 Å². The second-order valence-corrected chi connectivity index (χ2v) is 5.60. The number of nitrogens with zero attached hydrogens (tertiary/aromatic N) is 1. The predicted molar refractivity (Wildman–Crippen MR) is 99.8 cm³/mol. The van der Waals surface area contributed by atoms with Crippen LogP contribution in [0.1, 0.15) is 37.3 Å². The number of nitrogens with two attached hydrogens (primary N) is 1. The van der Waals surface area contributed by atoms with Crippen LogP contribution in [0.5, 0.6) is 0 Å². The number of benzene rings is 1. The molecule has 0 saturated heterocycles. The minimum absolute atomic E-state index is 0.0159. The van der Waals surface area contributed by atoms with E-state index in [4.69, 9.17) is 10.9 Å². The van der Waals surface area contributed by atoms with Crippen LogP contribution in [0.15, 0.2) is 36.0 Å². The van der Waals surface area contributed by atoms with Gasteiger partial charge in [0, 0.05) is 18.5 Å². The Labute approximate surface area is 152 Å². The standard InChI is InChI=1S/C18H24N4O4/c1-3-13-9-12(11-20-19)5-6-15(13)22-17(24)8-7-16(23)21-14(4-2)10-18(25)26/h4-6,9,11,14H,2-3,7-8,10,19H2,1H3,(H,21,23)(H,22,24)(H,25,26). The van der Waals surface area contributed by atoms with Crippen molar-refractivity contribution >= 4 is 29.7 Å². The monoisotopic (exact) mass is 360 g/mol. The number of rotatable bonds is 10. The highest BCUT2D eigenvalue weighted by atomic mass is 16.4. The fourth-order valence-electron chi connectivity index (χ4n) is 2.29. The molecule has 2 amide bonds. The summed E-state index contributed by atoms with van der Waals surface area (Å²) in [5.74, 6) is 3.39. The number of carbonyl (C=O) groups excluding carboxylic acids is 2. The Morgan fingerprint density at radius 2 is 2.00 bits per heavy atom. The SMILES string of the molecule is C=CC(CC(=O)O)NC(=O)CCC(=O)Nc1ccc(C=NN)cc1CC. The van der Waals surface area contributed by atoms with Crippen molar-refractivity contribution in [2.75, 3.05) is 5.32 Å². The average molecular weight is 360 g/mol. The summed E-state index contributed by atoms with van der Waals surface area (Å²) in [6.07, 6.45) is 3.26. The summed E-state index contributed by atoms with van der Waals surface area (Å²) in [7, 11) is 0. The molecule has 1 rings (SSSR count). The lowest BCUT2D eigenvalue weighted by Gasteiger charge is -2.13. The van der Waals surface area contributed by atoms with Crippen LogP contribution in [0.4, 0.5) is 5.69 Å². The van der Waals surface area contributed by atoms with Crippen LogP contribution in [-0.4, -0.2) is 35.1 Å². The molecule has 0 fully saturated rings. The zero-order valence-electron chi connectivity index (χ0n) is 14.7. The van der Waals surface area contributed by atoms with Gasteiger partial charge in [-0.3, -0.25) is 14.4 Å². The van der Waals surface area contributed by atoms with Crippen LogP contribution >= 0.6 is 0 Å². The number of aliphatic carboxylic acids is 1. The molecule has 0 aliphatic heterocycles. The van der Waals surface area contributed by atoms with Gasteiger partial charge in [-0.05, 0) is 29.7 Å². The molecular formula is C18H24N4O4. The number of nitrogens with one attached hydrogen (secondary N) is 2. The molecule has 0 aromatic heterocycles. The zero-order chi connectivity index (χ0) is 19.5. The van der Waals surface area contributed by atoms with E-state index in [1.807, 2.05) is 13.0 Å². The molecular weight excluding hydrogens is 336 g/mol. The van der Waals surface area contributed by atoms with Crippen LogP contribution in [0.2, 0.25) is 0 Å². The van der Waals surface area contributed by atoms with E-state index in [9.17, 15) is 14.4 Å². The summed E-state index contributed by atoms with van der Waals surface area (Å²) in [4.78, 5) is 34.6. The highest BCUT2D eigenvalue weighted by Gasteiger charge is 2.14. The maximum absolute atomic E-state index is 12.1. The minimum Gasteiger partial charge on any atom is -0.481 e. The second kappa shape index (κ2) is 10.7. The lowest BCUT2D eigenvalue weighted by atomic mass is 10.1. The first-order valence-electron chi connectivity index (χ1n) is 8.19. The number of hydrogen-bond donors (Lipinski definition) is 4. The average Bonchev–Trinajstić information content (AvgIpc) is 2.60. The van der Waals surface area contributed by atoms with Gasteiger partial charge in [0.2, 0.25) is 11.8 Å². The van der Waals surface area contributed by atoms with E-state index in [2.05, 4.69) is 22.3 Å². The Morgan fingerprint density at radius 1 is 1.31 bits per heavy atom. The smallest absolute Gasteiger partial charge is 0.305 e. The molecule has 140 valence electrons. The summed E-state index contributed by atoms with van der Waals surface area (Å²) in [6, 6.07) is 4.75. The van der Waals surface area contributed by atoms with Gasteiger partial charge in [-0.25, -0.2) is 0 Å². The fraction of sp³-hybridized carbons (Fsp3) is 0.333. The van der Waals surface area contributed by atoms with Gasteiger partial charge in [0.25, 0.3) is 0 Å². The number of carbonyl (C=O) groups is 3. The molecule has 0 bridgehead atoms. The van der Waals surface area contributed by atoms with E-state index in [0.29, 0.717) is 12.1 Å². The quantitative estimate of drug-likeness (QED) is 0.217. The van der Waals surface area contributed by atoms with Crippen LogP contribution in [0.25, 0.3) is 0 Å². The topological polar surface area (TPSA) is 134 Å². The van der Waals surface area contributed by atoms with E-state index in [1.54, 1.807) is 12.1 Å². The summed E-state index contributed by atoms with van der Waals surface area (Å²) in [5, 5.41) is 17.5. The first-order valence-corrected chi connectivity index (χ1v) is 8.19. The maximum Gasteiger partial charge on any atom is 0.305 e. The first-order chi connectivity index (χ1) is 12.4. The fourth-order valence-corrected chi connectivity index (χ4v) is 2.29. The molecule has 8 heteroatoms. The number of carboxylic acid groups (broad SMARTS) is 1. The van der Waals surface area contributed by atoms with E-state index in [1.165, 1.54) is 12.3 Å². The summed E-state index contributed by atoms with van der Waals surface area (Å²) < 4.78 is 0. The molecule has 26 heavy (non-hydrogen) atoms. The number of aryl methyl sites for hydroxylation is 1. The zero-order valence-corrected chi connectivity index (χ0v) is 14.7. The van der Waals surface area contributed by atoms with E-state index >= 15 is 0 Å². The highest BCUT2D eigenvalue weighted by molar-refractivity contribution is 5.94. The van der Waals surface area contributed by atoms with Gasteiger partial charge in [-0.15, -0.1) is 6.58 Å². The van der Waals surface area contributed by atoms with Crippen molar-refractivity contribution in [1.29, 1.82) is 0 Å². The molecule has 5 N–H and O–H groups in total. The summed E-state index contributed by atoms with van der Waals surface area (Å²) >= 11 is 0. The van der Waals surface area contributed by atoms with Gasteiger partial charge in [0.15, 0.2) is 0 Å². The number of anilines is 1. The lowest BCUT2D eigenvalue weighted by molar-refractivity contribution is -0.137. The molecule has 1 aromatic rings. The Morgan fingerprint density at radius 3 is 2.58 bits per heavy atom. The van der Waals surface area contributed by atoms with Crippen molar-refractivity contribution < 1.29 is 19.5 Å². The molecule has 1 atom stereocenters. The van der Waals surface area contributed by atoms with Crippen molar-refractivity contribution in [3.63, 3.8) is 0 Å². The van der Waals surface area contributed by atoms with Crippen molar-refractivity contribution in [3.05, 3.63) is 42.0 Å². The van der Waals surface area contributed by atoms with E-state index < -0.39 is 17.9 Å². The number of carboxylic acids is 1. The van der Waals surface area contributed by atoms with Gasteiger partial charge in [-0.2, -0.15) is 5.10 Å². The minimum atomic E-state index is -1.04. The normalized spacial score (nSPS) is 11.7. The van der Waals surface area contributed by atoms with Crippen LogP contribution in [0.3, 0.4) is 0 Å². The van der Waals surface area contributed by atoms with Crippen molar-refractivity contribution in [1.82, 2.24) is 5.32 Å². The first kappa shape index (κ1) is 20.9. The van der Waals surface area contributed by atoms with Gasteiger partial charge < -0.3 is 21.6 Å². The number of amides is 2. The molecule has 0 spiro atoms. The third-order valence-electron chi connectivity index (χ3n) is 3.61. The Kier molecular flexibility index (Phi) is 8.56. The summed E-state index contributed by atoms with van der Waals surface area (Å²) in [6.45, 7) is 5.44. The molecule has 0 saturated carbocycles. The molecule has 8 nitrogen and oxygen atoms in total. The largest absolute Gasteiger partial charge is 0.481 e. The molecule has 1 aromatic carbocycles. The molecule has 0 aliphatic rings. The molecule has 1 unspecified atom stereocenters.